The lowest BCUT2D eigenvalue weighted by atomic mass is 9.68. The molecule has 3 aromatic rings. The number of sulfonamides is 1. The van der Waals surface area contributed by atoms with Crippen molar-refractivity contribution in [2.45, 2.75) is 43.9 Å². The maximum Gasteiger partial charge on any atom is 0.243 e. The summed E-state index contributed by atoms with van der Waals surface area (Å²) in [4.78, 5) is 0.325. The Balaban J connectivity index is 1.47. The van der Waals surface area contributed by atoms with Crippen molar-refractivity contribution in [3.8, 4) is 5.69 Å². The Morgan fingerprint density at radius 3 is 2.49 bits per heavy atom. The predicted octanol–water partition coefficient (Wildman–Crippen LogP) is 4.57. The maximum atomic E-state index is 13.8. The molecule has 39 heavy (non-hydrogen) atoms. The van der Waals surface area contributed by atoms with Gasteiger partial charge in [0.15, 0.2) is 0 Å². The molecule has 0 bridgehead atoms. The van der Waals surface area contributed by atoms with Crippen LogP contribution in [-0.4, -0.2) is 62.4 Å². The summed E-state index contributed by atoms with van der Waals surface area (Å²) < 4.78 is 49.9. The lowest BCUT2D eigenvalue weighted by molar-refractivity contribution is 0.178. The number of halogens is 1. The fraction of sp³-hybridized carbons (Fsp3) is 0.433. The van der Waals surface area contributed by atoms with E-state index in [1.165, 1.54) is 17.7 Å². The second kappa shape index (κ2) is 10.6. The number of nitrogens with one attached hydrogen (secondary N) is 1. The highest BCUT2D eigenvalue weighted by atomic mass is 32.2. The summed E-state index contributed by atoms with van der Waals surface area (Å²) in [6.07, 6.45) is 5.29. The van der Waals surface area contributed by atoms with E-state index in [2.05, 4.69) is 37.3 Å². The van der Waals surface area contributed by atoms with Crippen molar-refractivity contribution < 1.29 is 17.5 Å². The SMILES string of the molecule is COCCNCC12Cc3cnn(-c4ccc(F)cc4)c3C=C1CCN(S(=O)(=O)c1ccc(C(C)(C)C)cc1)C2. The van der Waals surface area contributed by atoms with Crippen LogP contribution in [0.15, 0.2) is 65.2 Å². The Hall–Kier alpha value is -2.85. The highest BCUT2D eigenvalue weighted by Crippen LogP contribution is 2.45. The number of nitrogens with zero attached hydrogens (tertiary/aromatic N) is 3. The third kappa shape index (κ3) is 5.45. The minimum Gasteiger partial charge on any atom is -0.383 e. The van der Waals surface area contributed by atoms with Crippen LogP contribution in [-0.2, 0) is 26.6 Å². The molecule has 208 valence electrons. The molecule has 5 rings (SSSR count). The average molecular weight is 553 g/mol. The van der Waals surface area contributed by atoms with Gasteiger partial charge in [-0.2, -0.15) is 9.40 Å². The average Bonchev–Trinajstić information content (AvgIpc) is 3.31. The van der Waals surface area contributed by atoms with Crippen LogP contribution in [0, 0.1) is 11.2 Å². The van der Waals surface area contributed by atoms with Crippen LogP contribution in [0.2, 0.25) is 0 Å². The van der Waals surface area contributed by atoms with Crippen LogP contribution < -0.4 is 5.32 Å². The van der Waals surface area contributed by atoms with Crippen molar-refractivity contribution in [3.63, 3.8) is 0 Å². The molecule has 0 spiro atoms. The third-order valence-corrected chi connectivity index (χ3v) is 9.75. The highest BCUT2D eigenvalue weighted by Gasteiger charge is 2.45. The number of methoxy groups -OCH3 is 1. The fourth-order valence-corrected chi connectivity index (χ4v) is 7.16. The van der Waals surface area contributed by atoms with Crippen LogP contribution in [0.4, 0.5) is 4.39 Å². The molecule has 9 heteroatoms. The quantitative estimate of drug-likeness (QED) is 0.415. The fourth-order valence-electron chi connectivity index (χ4n) is 5.64. The molecule has 1 fully saturated rings. The number of fused-ring (bicyclic) bond motifs is 2. The van der Waals surface area contributed by atoms with Gasteiger partial charge in [0.2, 0.25) is 10.0 Å². The summed E-state index contributed by atoms with van der Waals surface area (Å²) in [5, 5.41) is 8.12. The van der Waals surface area contributed by atoms with Crippen molar-refractivity contribution in [2.75, 3.05) is 39.9 Å². The van der Waals surface area contributed by atoms with Gasteiger partial charge in [-0.1, -0.05) is 38.5 Å². The molecule has 2 aromatic carbocycles. The van der Waals surface area contributed by atoms with Crippen LogP contribution in [0.25, 0.3) is 11.8 Å². The number of aromatic nitrogens is 2. The zero-order valence-corrected chi connectivity index (χ0v) is 23.9. The van der Waals surface area contributed by atoms with E-state index in [1.54, 1.807) is 35.7 Å². The minimum absolute atomic E-state index is 0.0524. The van der Waals surface area contributed by atoms with Gasteiger partial charge in [-0.25, -0.2) is 17.5 Å². The van der Waals surface area contributed by atoms with Gasteiger partial charge >= 0.3 is 0 Å². The Kier molecular flexibility index (Phi) is 7.54. The van der Waals surface area contributed by atoms with E-state index in [4.69, 9.17) is 4.74 Å². The van der Waals surface area contributed by atoms with E-state index >= 15 is 0 Å². The largest absolute Gasteiger partial charge is 0.383 e. The molecule has 0 saturated carbocycles. The van der Waals surface area contributed by atoms with E-state index in [0.717, 1.165) is 22.5 Å². The van der Waals surface area contributed by atoms with Crippen molar-refractivity contribution in [2.24, 2.45) is 5.41 Å². The number of ether oxygens (including phenoxy) is 1. The lowest BCUT2D eigenvalue weighted by Crippen LogP contribution is -2.53. The number of piperidine rings is 1. The van der Waals surface area contributed by atoms with Gasteiger partial charge < -0.3 is 10.1 Å². The van der Waals surface area contributed by atoms with E-state index in [-0.39, 0.29) is 11.2 Å². The van der Waals surface area contributed by atoms with Crippen LogP contribution in [0.1, 0.15) is 44.0 Å². The van der Waals surface area contributed by atoms with Crippen LogP contribution in [0.3, 0.4) is 0 Å². The summed E-state index contributed by atoms with van der Waals surface area (Å²) in [5.74, 6) is -0.291. The zero-order chi connectivity index (χ0) is 27.8. The lowest BCUT2D eigenvalue weighted by Gasteiger charge is -2.46. The van der Waals surface area contributed by atoms with Crippen molar-refractivity contribution >= 4 is 16.1 Å². The van der Waals surface area contributed by atoms with Crippen LogP contribution in [0.5, 0.6) is 0 Å². The normalized spacial score (nSPS) is 19.9. The molecule has 1 aromatic heterocycles. The maximum absolute atomic E-state index is 13.8. The first-order valence-corrected chi connectivity index (χ1v) is 14.8. The molecule has 1 unspecified atom stereocenters. The van der Waals surface area contributed by atoms with Gasteiger partial charge in [-0.05, 0) is 71.9 Å². The van der Waals surface area contributed by atoms with Gasteiger partial charge in [0.25, 0.3) is 0 Å². The minimum atomic E-state index is -3.67. The van der Waals surface area contributed by atoms with Gasteiger partial charge in [-0.15, -0.1) is 0 Å². The van der Waals surface area contributed by atoms with Crippen molar-refractivity contribution in [3.05, 3.63) is 82.9 Å². The number of benzene rings is 2. The first-order chi connectivity index (χ1) is 18.5. The van der Waals surface area contributed by atoms with Crippen LogP contribution >= 0.6 is 0 Å². The van der Waals surface area contributed by atoms with Gasteiger partial charge in [0.05, 0.1) is 29.1 Å². The molecule has 7 nitrogen and oxygen atoms in total. The summed E-state index contributed by atoms with van der Waals surface area (Å²) in [6.45, 7) is 9.01. The second-order valence-electron chi connectivity index (χ2n) is 11.6. The van der Waals surface area contributed by atoms with E-state index in [1.807, 2.05) is 23.0 Å². The number of hydrogen-bond donors (Lipinski definition) is 1. The Bertz CT molecular complexity index is 1460. The molecule has 0 radical (unpaired) electrons. The number of rotatable bonds is 8. The standard InChI is InChI=1S/C30H37FN4O3S/c1-29(2,3)23-5-11-27(12-6-23)39(36,37)34-15-13-24-17-28-22(18-30(24,21-34)20-32-14-16-38-4)19-33-35(28)26-9-7-25(31)8-10-26/h5-12,17,19,32H,13-16,18,20-21H2,1-4H3. The summed E-state index contributed by atoms with van der Waals surface area (Å²) in [6, 6.07) is 13.6. The third-order valence-electron chi connectivity index (χ3n) is 7.89. The van der Waals surface area contributed by atoms with Gasteiger partial charge in [0.1, 0.15) is 5.82 Å². The predicted molar refractivity (Wildman–Crippen MR) is 151 cm³/mol. The molecule has 1 saturated heterocycles. The zero-order valence-electron chi connectivity index (χ0n) is 23.1. The molecule has 2 aliphatic rings. The Labute approximate surface area is 230 Å². The smallest absolute Gasteiger partial charge is 0.243 e. The van der Waals surface area contributed by atoms with E-state index < -0.39 is 15.4 Å². The topological polar surface area (TPSA) is 76.5 Å². The van der Waals surface area contributed by atoms with Crippen molar-refractivity contribution in [1.82, 2.24) is 19.4 Å². The number of hydrogen-bond acceptors (Lipinski definition) is 5. The first-order valence-electron chi connectivity index (χ1n) is 13.4. The summed E-state index contributed by atoms with van der Waals surface area (Å²) in [5.41, 5.74) is 4.65. The Morgan fingerprint density at radius 1 is 1.10 bits per heavy atom. The van der Waals surface area contributed by atoms with Gasteiger partial charge in [-0.3, -0.25) is 0 Å². The van der Waals surface area contributed by atoms with Gasteiger partial charge in [0, 0.05) is 38.7 Å². The molecular weight excluding hydrogens is 515 g/mol. The summed E-state index contributed by atoms with van der Waals surface area (Å²) >= 11 is 0. The first kappa shape index (κ1) is 27.7. The molecule has 1 N–H and O–H groups in total. The van der Waals surface area contributed by atoms with E-state index in [9.17, 15) is 12.8 Å². The molecule has 2 heterocycles. The van der Waals surface area contributed by atoms with Crippen molar-refractivity contribution in [1.29, 1.82) is 0 Å². The molecule has 0 amide bonds. The second-order valence-corrected chi connectivity index (χ2v) is 13.5. The summed E-state index contributed by atoms with van der Waals surface area (Å²) in [7, 11) is -2.00. The van der Waals surface area contributed by atoms with E-state index in [0.29, 0.717) is 50.5 Å². The molecule has 1 atom stereocenters. The molecular formula is C30H37FN4O3S. The highest BCUT2D eigenvalue weighted by molar-refractivity contribution is 7.89. The Morgan fingerprint density at radius 2 is 1.82 bits per heavy atom. The molecule has 1 aliphatic heterocycles. The monoisotopic (exact) mass is 552 g/mol. The molecule has 1 aliphatic carbocycles.